The van der Waals surface area contributed by atoms with Crippen LogP contribution in [0, 0.1) is 0 Å². The maximum absolute atomic E-state index is 12.7. The molecule has 0 saturated carbocycles. The summed E-state index contributed by atoms with van der Waals surface area (Å²) in [5.74, 6) is -0.325. The summed E-state index contributed by atoms with van der Waals surface area (Å²) in [7, 11) is 0. The van der Waals surface area contributed by atoms with Gasteiger partial charge in [0.15, 0.2) is 6.29 Å². The van der Waals surface area contributed by atoms with Crippen LogP contribution in [0.5, 0.6) is 0 Å². The third-order valence-electron chi connectivity index (χ3n) is 10.1. The number of aliphatic hydroxyl groups excluding tert-OH is 4. The largest absolute Gasteiger partial charge is 0.457 e. The lowest BCUT2D eigenvalue weighted by Crippen LogP contribution is -2.59. The van der Waals surface area contributed by atoms with Gasteiger partial charge >= 0.3 is 5.97 Å². The molecule has 0 aliphatic carbocycles. The van der Waals surface area contributed by atoms with E-state index in [0.717, 1.165) is 96.3 Å². The summed E-state index contributed by atoms with van der Waals surface area (Å²) in [6.45, 7) is 4.38. The van der Waals surface area contributed by atoms with E-state index in [0.29, 0.717) is 13.0 Å². The van der Waals surface area contributed by atoms with E-state index in [9.17, 15) is 25.2 Å². The van der Waals surface area contributed by atoms with Crippen LogP contribution < -0.4 is 0 Å². The minimum atomic E-state index is -1.54. The smallest absolute Gasteiger partial charge is 0.306 e. The fraction of sp³-hybridized carbons (Fsp3) is 0.735. The number of rotatable bonds is 38. The van der Waals surface area contributed by atoms with E-state index in [4.69, 9.17) is 18.9 Å². The zero-order chi connectivity index (χ0) is 42.2. The Labute approximate surface area is 353 Å². The standard InChI is InChI=1S/C49H84O9/c1-3-5-7-9-11-13-15-16-17-18-19-20-21-22-23-24-25-26-27-29-31-33-35-37-39-55-41-43(42-56-49-48(54)47(53)46(52)44(40-50)58-49)57-45(51)38-36-34-32-30-28-14-12-10-8-6-4-2/h5,7,11,13,16-17,19-20,22-23,25-26,43-44,46-50,52-54H,3-4,6,8-10,12,14-15,18,21,24,27-42H2,1-2H3/b7-5-,13-11-,17-16-,20-19-,23-22-,26-25-. The minimum absolute atomic E-state index is 0.124. The molecule has 334 valence electrons. The van der Waals surface area contributed by atoms with E-state index in [2.05, 4.69) is 86.8 Å². The van der Waals surface area contributed by atoms with Crippen LogP contribution in [-0.4, -0.2) is 89.6 Å². The van der Waals surface area contributed by atoms with Crippen molar-refractivity contribution in [2.75, 3.05) is 26.4 Å². The molecule has 0 aromatic rings. The van der Waals surface area contributed by atoms with Crippen LogP contribution in [-0.2, 0) is 23.7 Å². The van der Waals surface area contributed by atoms with Gasteiger partial charge in [0.2, 0.25) is 0 Å². The molecule has 1 rings (SSSR count). The van der Waals surface area contributed by atoms with Crippen molar-refractivity contribution in [2.24, 2.45) is 0 Å². The predicted octanol–water partition coefficient (Wildman–Crippen LogP) is 10.5. The Hall–Kier alpha value is -2.37. The van der Waals surface area contributed by atoms with E-state index >= 15 is 0 Å². The maximum atomic E-state index is 12.7. The third-order valence-corrected chi connectivity index (χ3v) is 10.1. The van der Waals surface area contributed by atoms with Gasteiger partial charge in [-0.05, 0) is 64.2 Å². The highest BCUT2D eigenvalue weighted by atomic mass is 16.7. The summed E-state index contributed by atoms with van der Waals surface area (Å²) in [4.78, 5) is 12.7. The van der Waals surface area contributed by atoms with Crippen LogP contribution in [0.4, 0.5) is 0 Å². The second-order valence-corrected chi connectivity index (χ2v) is 15.5. The third kappa shape index (κ3) is 30.6. The Morgan fingerprint density at radius 2 is 1.05 bits per heavy atom. The molecule has 1 aliphatic heterocycles. The molecule has 1 heterocycles. The summed E-state index contributed by atoms with van der Waals surface area (Å²) in [5.41, 5.74) is 0. The first kappa shape index (κ1) is 53.6. The SMILES string of the molecule is CC/C=C\C/C=C\C/C=C\C/C=C\C/C=C\C/C=C\CCCCCCCOCC(COC1OC(CO)C(O)C(O)C1O)OC(=O)CCCCCCCCCCCCC. The number of hydrogen-bond acceptors (Lipinski definition) is 9. The van der Waals surface area contributed by atoms with Gasteiger partial charge in [-0.1, -0.05) is 170 Å². The van der Waals surface area contributed by atoms with Gasteiger partial charge in [-0.2, -0.15) is 0 Å². The molecule has 0 bridgehead atoms. The number of unbranched alkanes of at least 4 members (excludes halogenated alkanes) is 15. The lowest BCUT2D eigenvalue weighted by molar-refractivity contribution is -0.305. The van der Waals surface area contributed by atoms with E-state index in [1.165, 1.54) is 51.4 Å². The quantitative estimate of drug-likeness (QED) is 0.0273. The highest BCUT2D eigenvalue weighted by Gasteiger charge is 2.44. The molecule has 4 N–H and O–H groups in total. The van der Waals surface area contributed by atoms with Crippen molar-refractivity contribution in [1.29, 1.82) is 0 Å². The second-order valence-electron chi connectivity index (χ2n) is 15.5. The molecule has 0 spiro atoms. The van der Waals surface area contributed by atoms with Gasteiger partial charge in [0.25, 0.3) is 0 Å². The fourth-order valence-corrected chi connectivity index (χ4v) is 6.55. The number of aliphatic hydroxyl groups is 4. The number of allylic oxidation sites excluding steroid dienone is 12. The Morgan fingerprint density at radius 1 is 0.569 bits per heavy atom. The first-order chi connectivity index (χ1) is 28.4. The average Bonchev–Trinajstić information content (AvgIpc) is 3.22. The van der Waals surface area contributed by atoms with E-state index < -0.39 is 43.4 Å². The van der Waals surface area contributed by atoms with Crippen molar-refractivity contribution in [1.82, 2.24) is 0 Å². The molecule has 6 unspecified atom stereocenters. The fourth-order valence-electron chi connectivity index (χ4n) is 6.55. The van der Waals surface area contributed by atoms with Crippen molar-refractivity contribution in [2.45, 2.75) is 205 Å². The molecular weight excluding hydrogens is 733 g/mol. The average molecular weight is 817 g/mol. The van der Waals surface area contributed by atoms with Crippen LogP contribution in [0.3, 0.4) is 0 Å². The van der Waals surface area contributed by atoms with E-state index in [1.807, 2.05) is 0 Å². The summed E-state index contributed by atoms with van der Waals surface area (Å²) in [5, 5.41) is 40.1. The lowest BCUT2D eigenvalue weighted by atomic mass is 9.99. The van der Waals surface area contributed by atoms with Crippen molar-refractivity contribution in [3.63, 3.8) is 0 Å². The molecule has 58 heavy (non-hydrogen) atoms. The molecule has 9 heteroatoms. The predicted molar refractivity (Wildman–Crippen MR) is 237 cm³/mol. The number of esters is 1. The van der Waals surface area contributed by atoms with E-state index in [1.54, 1.807) is 0 Å². The molecule has 0 radical (unpaired) electrons. The van der Waals surface area contributed by atoms with Crippen molar-refractivity contribution < 1.29 is 44.2 Å². The second kappa shape index (κ2) is 40.1. The van der Waals surface area contributed by atoms with Gasteiger partial charge in [-0.15, -0.1) is 0 Å². The van der Waals surface area contributed by atoms with Crippen LogP contribution in [0.2, 0.25) is 0 Å². The normalized spacial score (nSPS) is 21.0. The molecule has 0 amide bonds. The zero-order valence-corrected chi connectivity index (χ0v) is 36.5. The number of carbonyl (C=O) groups excluding carboxylic acids is 1. The first-order valence-electron chi connectivity index (χ1n) is 23.0. The number of hydrogen-bond donors (Lipinski definition) is 4. The first-order valence-corrected chi connectivity index (χ1v) is 23.0. The highest BCUT2D eigenvalue weighted by Crippen LogP contribution is 2.22. The van der Waals surface area contributed by atoms with Crippen LogP contribution in [0.25, 0.3) is 0 Å². The van der Waals surface area contributed by atoms with Gasteiger partial charge in [-0.3, -0.25) is 4.79 Å². The summed E-state index contributed by atoms with van der Waals surface area (Å²) in [6.07, 6.45) is 45.0. The zero-order valence-electron chi connectivity index (χ0n) is 36.5. The summed E-state index contributed by atoms with van der Waals surface area (Å²) >= 11 is 0. The number of carbonyl (C=O) groups is 1. The van der Waals surface area contributed by atoms with Gasteiger partial charge in [0.1, 0.15) is 30.5 Å². The summed E-state index contributed by atoms with van der Waals surface area (Å²) < 4.78 is 22.8. The summed E-state index contributed by atoms with van der Waals surface area (Å²) in [6, 6.07) is 0. The topological polar surface area (TPSA) is 135 Å². The lowest BCUT2D eigenvalue weighted by Gasteiger charge is -2.39. The minimum Gasteiger partial charge on any atom is -0.457 e. The van der Waals surface area contributed by atoms with Crippen LogP contribution >= 0.6 is 0 Å². The Bertz CT molecular complexity index is 1110. The van der Waals surface area contributed by atoms with Crippen LogP contribution in [0.15, 0.2) is 72.9 Å². The Kier molecular flexibility index (Phi) is 37.1. The molecule has 0 aromatic carbocycles. The monoisotopic (exact) mass is 817 g/mol. The Balaban J connectivity index is 2.24. The maximum Gasteiger partial charge on any atom is 0.306 e. The molecule has 1 saturated heterocycles. The van der Waals surface area contributed by atoms with Gasteiger partial charge in [0, 0.05) is 13.0 Å². The van der Waals surface area contributed by atoms with Crippen molar-refractivity contribution >= 4 is 5.97 Å². The molecule has 1 fully saturated rings. The highest BCUT2D eigenvalue weighted by molar-refractivity contribution is 5.69. The van der Waals surface area contributed by atoms with Crippen molar-refractivity contribution in [3.05, 3.63) is 72.9 Å². The molecular formula is C49H84O9. The van der Waals surface area contributed by atoms with Crippen LogP contribution in [0.1, 0.15) is 168 Å². The van der Waals surface area contributed by atoms with Gasteiger partial charge in [0.05, 0.1) is 19.8 Å². The van der Waals surface area contributed by atoms with Gasteiger partial charge in [-0.25, -0.2) is 0 Å². The molecule has 1 aliphatic rings. The Morgan fingerprint density at radius 3 is 1.59 bits per heavy atom. The van der Waals surface area contributed by atoms with Crippen molar-refractivity contribution in [3.8, 4) is 0 Å². The molecule has 9 nitrogen and oxygen atoms in total. The number of ether oxygens (including phenoxy) is 4. The van der Waals surface area contributed by atoms with Gasteiger partial charge < -0.3 is 39.4 Å². The molecule has 0 aromatic heterocycles. The molecule has 6 atom stereocenters. The van der Waals surface area contributed by atoms with E-state index in [-0.39, 0.29) is 19.2 Å².